The van der Waals surface area contributed by atoms with Crippen molar-refractivity contribution >= 4 is 17.2 Å². The topological polar surface area (TPSA) is 38.3 Å². The number of carbonyl (C=O) groups excluding carboxylic acids is 1. The first-order valence-corrected chi connectivity index (χ1v) is 6.98. The molecule has 2 rings (SSSR count). The Hall–Kier alpha value is -0.870. The van der Waals surface area contributed by atoms with Crippen molar-refractivity contribution in [2.24, 2.45) is 0 Å². The third-order valence-corrected chi connectivity index (χ3v) is 4.32. The van der Waals surface area contributed by atoms with E-state index in [1.165, 1.54) is 4.88 Å². The molecule has 0 unspecified atom stereocenters. The average molecular weight is 253 g/mol. The molecule has 1 saturated heterocycles. The highest BCUT2D eigenvalue weighted by atomic mass is 32.1. The Morgan fingerprint density at radius 2 is 2.41 bits per heavy atom. The van der Waals surface area contributed by atoms with E-state index in [-0.39, 0.29) is 12.0 Å². The molecule has 3 nitrogen and oxygen atoms in total. The third kappa shape index (κ3) is 3.30. The van der Waals surface area contributed by atoms with Crippen LogP contribution in [0.5, 0.6) is 0 Å². The van der Waals surface area contributed by atoms with E-state index in [2.05, 4.69) is 19.2 Å². The Bertz CT molecular complexity index is 381. The predicted molar refractivity (Wildman–Crippen MR) is 69.7 cm³/mol. The monoisotopic (exact) mass is 253 g/mol. The number of ether oxygens (including phenoxy) is 1. The van der Waals surface area contributed by atoms with Crippen LogP contribution >= 0.6 is 11.3 Å². The predicted octanol–water partition coefficient (Wildman–Crippen LogP) is 2.78. The molecule has 1 aliphatic rings. The second-order valence-corrected chi connectivity index (χ2v) is 5.82. The van der Waals surface area contributed by atoms with Crippen LogP contribution in [0, 0.1) is 0 Å². The number of carbonyl (C=O) groups is 1. The summed E-state index contributed by atoms with van der Waals surface area (Å²) >= 11 is 1.58. The summed E-state index contributed by atoms with van der Waals surface area (Å²) in [5.41, 5.74) is 0. The van der Waals surface area contributed by atoms with Gasteiger partial charge in [-0.1, -0.05) is 13.8 Å². The molecule has 1 aromatic heterocycles. The van der Waals surface area contributed by atoms with Crippen LogP contribution in [0.25, 0.3) is 0 Å². The van der Waals surface area contributed by atoms with Gasteiger partial charge < -0.3 is 10.1 Å². The summed E-state index contributed by atoms with van der Waals surface area (Å²) in [6.07, 6.45) is 2.38. The highest BCUT2D eigenvalue weighted by molar-refractivity contribution is 7.14. The van der Waals surface area contributed by atoms with E-state index in [1.807, 2.05) is 12.1 Å². The minimum absolute atomic E-state index is 0.0254. The molecule has 1 aromatic rings. The zero-order valence-electron chi connectivity index (χ0n) is 10.4. The smallest absolute Gasteiger partial charge is 0.261 e. The third-order valence-electron chi connectivity index (χ3n) is 2.93. The van der Waals surface area contributed by atoms with Gasteiger partial charge in [0, 0.05) is 18.0 Å². The van der Waals surface area contributed by atoms with E-state index in [0.717, 1.165) is 24.3 Å². The van der Waals surface area contributed by atoms with Crippen molar-refractivity contribution in [3.63, 3.8) is 0 Å². The van der Waals surface area contributed by atoms with Crippen LogP contribution in [0.15, 0.2) is 12.1 Å². The van der Waals surface area contributed by atoms with Crippen molar-refractivity contribution in [2.75, 3.05) is 13.2 Å². The minimum Gasteiger partial charge on any atom is -0.376 e. The first-order valence-electron chi connectivity index (χ1n) is 6.16. The van der Waals surface area contributed by atoms with Crippen LogP contribution < -0.4 is 5.32 Å². The fraction of sp³-hybridized carbons (Fsp3) is 0.615. The summed E-state index contributed by atoms with van der Waals surface area (Å²) in [4.78, 5) is 13.9. The summed E-state index contributed by atoms with van der Waals surface area (Å²) in [7, 11) is 0. The summed E-state index contributed by atoms with van der Waals surface area (Å²) in [5, 5.41) is 2.94. The highest BCUT2D eigenvalue weighted by Crippen LogP contribution is 2.24. The summed E-state index contributed by atoms with van der Waals surface area (Å²) < 4.78 is 5.47. The molecule has 17 heavy (non-hydrogen) atoms. The molecular formula is C13H19NO2S. The van der Waals surface area contributed by atoms with Gasteiger partial charge in [-0.3, -0.25) is 4.79 Å². The fourth-order valence-corrected chi connectivity index (χ4v) is 2.81. The zero-order valence-corrected chi connectivity index (χ0v) is 11.2. The summed E-state index contributed by atoms with van der Waals surface area (Å²) in [6, 6.07) is 3.95. The number of amides is 1. The van der Waals surface area contributed by atoms with Crippen molar-refractivity contribution in [1.29, 1.82) is 0 Å². The second-order valence-electron chi connectivity index (χ2n) is 4.70. The molecule has 1 atom stereocenters. The van der Waals surface area contributed by atoms with Crippen molar-refractivity contribution < 1.29 is 9.53 Å². The maximum atomic E-state index is 11.9. The Morgan fingerprint density at radius 1 is 1.59 bits per heavy atom. The normalized spacial score (nSPS) is 19.8. The van der Waals surface area contributed by atoms with Gasteiger partial charge in [0.25, 0.3) is 5.91 Å². The lowest BCUT2D eigenvalue weighted by Gasteiger charge is -2.09. The van der Waals surface area contributed by atoms with Crippen LogP contribution in [-0.4, -0.2) is 25.2 Å². The lowest BCUT2D eigenvalue weighted by Crippen LogP contribution is -2.31. The van der Waals surface area contributed by atoms with E-state index in [9.17, 15) is 4.79 Å². The highest BCUT2D eigenvalue weighted by Gasteiger charge is 2.17. The van der Waals surface area contributed by atoms with Gasteiger partial charge >= 0.3 is 0 Å². The Balaban J connectivity index is 1.85. The van der Waals surface area contributed by atoms with Gasteiger partial charge in [-0.05, 0) is 30.9 Å². The van der Waals surface area contributed by atoms with E-state index < -0.39 is 0 Å². The molecule has 94 valence electrons. The molecule has 1 amide bonds. The number of rotatable bonds is 4. The number of hydrogen-bond donors (Lipinski definition) is 1. The largest absolute Gasteiger partial charge is 0.376 e. The Labute approximate surface area is 106 Å². The van der Waals surface area contributed by atoms with Gasteiger partial charge in [0.1, 0.15) is 0 Å². The molecule has 0 saturated carbocycles. The van der Waals surface area contributed by atoms with Crippen molar-refractivity contribution in [3.05, 3.63) is 21.9 Å². The Morgan fingerprint density at radius 3 is 3.00 bits per heavy atom. The van der Waals surface area contributed by atoms with Crippen LogP contribution in [-0.2, 0) is 4.74 Å². The molecule has 0 bridgehead atoms. The molecule has 0 aromatic carbocycles. The maximum Gasteiger partial charge on any atom is 0.261 e. The SMILES string of the molecule is CC(C)c1ccc(C(=O)NC[C@H]2CCCO2)s1. The van der Waals surface area contributed by atoms with Gasteiger partial charge in [-0.15, -0.1) is 11.3 Å². The first kappa shape index (κ1) is 12.6. The zero-order chi connectivity index (χ0) is 12.3. The lowest BCUT2D eigenvalue weighted by molar-refractivity contribution is 0.0861. The summed E-state index contributed by atoms with van der Waals surface area (Å²) in [6.45, 7) is 5.74. The number of hydrogen-bond acceptors (Lipinski definition) is 3. The molecular weight excluding hydrogens is 234 g/mol. The van der Waals surface area contributed by atoms with Crippen LogP contribution in [0.2, 0.25) is 0 Å². The van der Waals surface area contributed by atoms with Crippen LogP contribution in [0.1, 0.15) is 47.2 Å². The first-order chi connectivity index (χ1) is 8.16. The van der Waals surface area contributed by atoms with E-state index in [1.54, 1.807) is 11.3 Å². The van der Waals surface area contributed by atoms with Gasteiger partial charge in [-0.25, -0.2) is 0 Å². The minimum atomic E-state index is 0.0254. The molecule has 0 spiro atoms. The van der Waals surface area contributed by atoms with Gasteiger partial charge in [0.2, 0.25) is 0 Å². The lowest BCUT2D eigenvalue weighted by atomic mass is 10.2. The molecule has 1 fully saturated rings. The van der Waals surface area contributed by atoms with Gasteiger partial charge in [-0.2, -0.15) is 0 Å². The van der Waals surface area contributed by atoms with E-state index in [4.69, 9.17) is 4.74 Å². The van der Waals surface area contributed by atoms with Gasteiger partial charge in [0.05, 0.1) is 11.0 Å². The van der Waals surface area contributed by atoms with E-state index >= 15 is 0 Å². The average Bonchev–Trinajstić information content (AvgIpc) is 2.96. The van der Waals surface area contributed by atoms with Crippen molar-refractivity contribution in [3.8, 4) is 0 Å². The molecule has 4 heteroatoms. The molecule has 0 radical (unpaired) electrons. The Kier molecular flexibility index (Phi) is 4.18. The second kappa shape index (κ2) is 5.65. The van der Waals surface area contributed by atoms with Crippen LogP contribution in [0.3, 0.4) is 0 Å². The standard InChI is InChI=1S/C13H19NO2S/c1-9(2)11-5-6-12(17-11)13(15)14-8-10-4-3-7-16-10/h5-6,9-10H,3-4,7-8H2,1-2H3,(H,14,15)/t10-/m1/s1. The number of nitrogens with one attached hydrogen (secondary N) is 1. The number of thiophene rings is 1. The fourth-order valence-electron chi connectivity index (χ4n) is 1.88. The maximum absolute atomic E-state index is 11.9. The van der Waals surface area contributed by atoms with Crippen molar-refractivity contribution in [2.45, 2.75) is 38.7 Å². The molecule has 2 heterocycles. The van der Waals surface area contributed by atoms with Crippen molar-refractivity contribution in [1.82, 2.24) is 5.32 Å². The molecule has 0 aliphatic carbocycles. The molecule has 1 aliphatic heterocycles. The van der Waals surface area contributed by atoms with E-state index in [0.29, 0.717) is 12.5 Å². The summed E-state index contributed by atoms with van der Waals surface area (Å²) in [5.74, 6) is 0.511. The van der Waals surface area contributed by atoms with Crippen LogP contribution in [0.4, 0.5) is 0 Å². The quantitative estimate of drug-likeness (QED) is 0.896. The molecule has 1 N–H and O–H groups in total. The van der Waals surface area contributed by atoms with Gasteiger partial charge in [0.15, 0.2) is 0 Å².